The Morgan fingerprint density at radius 1 is 1.70 bits per heavy atom. The molecule has 1 aromatic rings. The van der Waals surface area contributed by atoms with Crippen LogP contribution in [0.1, 0.15) is 38.3 Å². The molecule has 2 unspecified atom stereocenters. The number of hydrogen-bond donors (Lipinski definition) is 2. The van der Waals surface area contributed by atoms with E-state index in [0.29, 0.717) is 5.92 Å². The van der Waals surface area contributed by atoms with E-state index < -0.39 is 5.54 Å². The third-order valence-corrected chi connectivity index (χ3v) is 4.05. The Balaban J connectivity index is 1.99. The summed E-state index contributed by atoms with van der Waals surface area (Å²) in [5.41, 5.74) is 0.418. The molecule has 2 rings (SSSR count). The van der Waals surface area contributed by atoms with Crippen LogP contribution in [0.15, 0.2) is 18.3 Å². The van der Waals surface area contributed by atoms with Gasteiger partial charge in [-0.3, -0.25) is 9.48 Å². The van der Waals surface area contributed by atoms with Crippen LogP contribution in [-0.4, -0.2) is 32.9 Å². The Morgan fingerprint density at radius 2 is 2.50 bits per heavy atom. The fraction of sp³-hybridized carbons (Fsp3) is 0.600. The molecule has 5 nitrogen and oxygen atoms in total. The summed E-state index contributed by atoms with van der Waals surface area (Å²) in [6, 6.07) is 1.84. The van der Waals surface area contributed by atoms with Crippen LogP contribution < -0.4 is 5.32 Å². The van der Waals surface area contributed by atoms with E-state index in [0.717, 1.165) is 25.0 Å². The summed E-state index contributed by atoms with van der Waals surface area (Å²) in [7, 11) is 1.83. The lowest BCUT2D eigenvalue weighted by atomic mass is 9.77. The van der Waals surface area contributed by atoms with E-state index in [2.05, 4.69) is 17.3 Å². The molecule has 0 bridgehead atoms. The second-order valence-corrected chi connectivity index (χ2v) is 5.84. The van der Waals surface area contributed by atoms with Crippen molar-refractivity contribution in [2.45, 2.75) is 38.1 Å². The number of amides is 1. The summed E-state index contributed by atoms with van der Waals surface area (Å²) >= 11 is 0. The van der Waals surface area contributed by atoms with Crippen molar-refractivity contribution in [1.29, 1.82) is 0 Å². The fourth-order valence-corrected chi connectivity index (χ4v) is 2.97. The van der Waals surface area contributed by atoms with Crippen molar-refractivity contribution in [2.24, 2.45) is 13.0 Å². The largest absolute Gasteiger partial charge is 0.394 e. The average molecular weight is 277 g/mol. The first-order valence-electron chi connectivity index (χ1n) is 7.14. The molecule has 20 heavy (non-hydrogen) atoms. The van der Waals surface area contributed by atoms with Gasteiger partial charge in [0.15, 0.2) is 0 Å². The second-order valence-electron chi connectivity index (χ2n) is 5.84. The maximum Gasteiger partial charge on any atom is 0.244 e. The Bertz CT molecular complexity index is 495. The smallest absolute Gasteiger partial charge is 0.244 e. The van der Waals surface area contributed by atoms with Crippen LogP contribution in [0.3, 0.4) is 0 Å². The number of aliphatic hydroxyl groups excluding tert-OH is 1. The zero-order chi connectivity index (χ0) is 14.6. The van der Waals surface area contributed by atoms with Gasteiger partial charge in [-0.1, -0.05) is 19.8 Å². The van der Waals surface area contributed by atoms with Crippen molar-refractivity contribution in [3.05, 3.63) is 24.0 Å². The van der Waals surface area contributed by atoms with Crippen LogP contribution in [0.5, 0.6) is 0 Å². The van der Waals surface area contributed by atoms with Gasteiger partial charge in [-0.25, -0.2) is 0 Å². The van der Waals surface area contributed by atoms with Crippen molar-refractivity contribution in [1.82, 2.24) is 15.1 Å². The minimum Gasteiger partial charge on any atom is -0.394 e. The maximum absolute atomic E-state index is 12.0. The standard InChI is InChI=1S/C15H23N3O2/c1-12-4-3-8-15(10-12,11-19)17-14(20)6-5-13-7-9-16-18(13)2/h5-7,9,12,19H,3-4,8,10-11H2,1-2H3,(H,17,20). The monoisotopic (exact) mass is 277 g/mol. The summed E-state index contributed by atoms with van der Waals surface area (Å²) in [5.74, 6) is 0.381. The van der Waals surface area contributed by atoms with Gasteiger partial charge in [-0.05, 0) is 30.9 Å². The summed E-state index contributed by atoms with van der Waals surface area (Å²) in [6.45, 7) is 2.17. The van der Waals surface area contributed by atoms with Crippen LogP contribution in [0.2, 0.25) is 0 Å². The van der Waals surface area contributed by atoms with E-state index in [1.54, 1.807) is 17.0 Å². The highest BCUT2D eigenvalue weighted by molar-refractivity contribution is 5.92. The Hall–Kier alpha value is -1.62. The van der Waals surface area contributed by atoms with Crippen LogP contribution >= 0.6 is 0 Å². The van der Waals surface area contributed by atoms with Crippen LogP contribution in [0.25, 0.3) is 6.08 Å². The molecule has 1 aliphatic carbocycles. The quantitative estimate of drug-likeness (QED) is 0.819. The first-order chi connectivity index (χ1) is 9.54. The highest BCUT2D eigenvalue weighted by Crippen LogP contribution is 2.31. The Kier molecular flexibility index (Phi) is 4.60. The molecule has 1 amide bonds. The molecule has 1 aliphatic rings. The number of aliphatic hydroxyl groups is 1. The number of nitrogens with one attached hydrogen (secondary N) is 1. The summed E-state index contributed by atoms with van der Waals surface area (Å²) in [4.78, 5) is 12.0. The fourth-order valence-electron chi connectivity index (χ4n) is 2.97. The zero-order valence-corrected chi connectivity index (χ0v) is 12.2. The Labute approximate surface area is 119 Å². The third-order valence-electron chi connectivity index (χ3n) is 4.05. The molecule has 0 saturated heterocycles. The first kappa shape index (κ1) is 14.8. The predicted molar refractivity (Wildman–Crippen MR) is 77.8 cm³/mol. The molecule has 110 valence electrons. The Morgan fingerprint density at radius 3 is 3.10 bits per heavy atom. The number of hydrogen-bond acceptors (Lipinski definition) is 3. The molecule has 1 aromatic heterocycles. The van der Waals surface area contributed by atoms with E-state index >= 15 is 0 Å². The number of aromatic nitrogens is 2. The van der Waals surface area contributed by atoms with Crippen molar-refractivity contribution >= 4 is 12.0 Å². The van der Waals surface area contributed by atoms with Gasteiger partial charge in [0.1, 0.15) is 0 Å². The molecular formula is C15H23N3O2. The van der Waals surface area contributed by atoms with Gasteiger partial charge < -0.3 is 10.4 Å². The molecule has 0 radical (unpaired) electrons. The SMILES string of the molecule is CC1CCCC(CO)(NC(=O)C=Cc2ccnn2C)C1. The van der Waals surface area contributed by atoms with Gasteiger partial charge in [-0.15, -0.1) is 0 Å². The third kappa shape index (κ3) is 3.48. The molecule has 2 N–H and O–H groups in total. The molecule has 1 saturated carbocycles. The topological polar surface area (TPSA) is 67.2 Å². The molecule has 0 spiro atoms. The predicted octanol–water partition coefficient (Wildman–Crippen LogP) is 1.49. The molecule has 0 aromatic carbocycles. The minimum absolute atomic E-state index is 0.00261. The lowest BCUT2D eigenvalue weighted by molar-refractivity contribution is -0.119. The number of carbonyl (C=O) groups excluding carboxylic acids is 1. The van der Waals surface area contributed by atoms with E-state index in [1.165, 1.54) is 12.5 Å². The molecule has 2 atom stereocenters. The molecular weight excluding hydrogens is 254 g/mol. The molecule has 0 aliphatic heterocycles. The highest BCUT2D eigenvalue weighted by atomic mass is 16.3. The van der Waals surface area contributed by atoms with Crippen molar-refractivity contribution < 1.29 is 9.90 Å². The van der Waals surface area contributed by atoms with Crippen LogP contribution in [-0.2, 0) is 11.8 Å². The first-order valence-corrected chi connectivity index (χ1v) is 7.14. The van der Waals surface area contributed by atoms with Gasteiger partial charge in [0.2, 0.25) is 5.91 Å². The molecule has 1 heterocycles. The second kappa shape index (κ2) is 6.22. The van der Waals surface area contributed by atoms with E-state index in [9.17, 15) is 9.90 Å². The van der Waals surface area contributed by atoms with Gasteiger partial charge in [0, 0.05) is 19.3 Å². The molecule has 5 heteroatoms. The lowest BCUT2D eigenvalue weighted by Gasteiger charge is -2.39. The normalized spacial score (nSPS) is 26.9. The minimum atomic E-state index is -0.453. The van der Waals surface area contributed by atoms with Gasteiger partial charge >= 0.3 is 0 Å². The van der Waals surface area contributed by atoms with Crippen molar-refractivity contribution in [2.75, 3.05) is 6.61 Å². The van der Waals surface area contributed by atoms with Crippen molar-refractivity contribution in [3.63, 3.8) is 0 Å². The van der Waals surface area contributed by atoms with Crippen molar-refractivity contribution in [3.8, 4) is 0 Å². The van der Waals surface area contributed by atoms with E-state index in [4.69, 9.17) is 0 Å². The number of aryl methyl sites for hydroxylation is 1. The average Bonchev–Trinajstić information content (AvgIpc) is 2.82. The summed E-state index contributed by atoms with van der Waals surface area (Å²) < 4.78 is 1.70. The van der Waals surface area contributed by atoms with E-state index in [1.807, 2.05) is 13.1 Å². The van der Waals surface area contributed by atoms with Gasteiger partial charge in [-0.2, -0.15) is 5.10 Å². The number of rotatable bonds is 4. The number of carbonyl (C=O) groups is 1. The van der Waals surface area contributed by atoms with Crippen LogP contribution in [0.4, 0.5) is 0 Å². The summed E-state index contributed by atoms with van der Waals surface area (Å²) in [5, 5.41) is 16.7. The maximum atomic E-state index is 12.0. The summed E-state index contributed by atoms with van der Waals surface area (Å²) in [6.07, 6.45) is 8.84. The van der Waals surface area contributed by atoms with E-state index in [-0.39, 0.29) is 12.5 Å². The van der Waals surface area contributed by atoms with Crippen LogP contribution in [0, 0.1) is 5.92 Å². The van der Waals surface area contributed by atoms with Gasteiger partial charge in [0.25, 0.3) is 0 Å². The van der Waals surface area contributed by atoms with Gasteiger partial charge in [0.05, 0.1) is 17.8 Å². The lowest BCUT2D eigenvalue weighted by Crippen LogP contribution is -2.53. The highest BCUT2D eigenvalue weighted by Gasteiger charge is 2.35. The zero-order valence-electron chi connectivity index (χ0n) is 12.2. The number of nitrogens with zero attached hydrogens (tertiary/aromatic N) is 2. The molecule has 1 fully saturated rings.